The van der Waals surface area contributed by atoms with E-state index in [1.54, 1.807) is 4.90 Å². The summed E-state index contributed by atoms with van der Waals surface area (Å²) >= 11 is 0. The van der Waals surface area contributed by atoms with Crippen LogP contribution in [0.5, 0.6) is 5.88 Å². The second-order valence-corrected chi connectivity index (χ2v) is 9.10. The van der Waals surface area contributed by atoms with Crippen LogP contribution in [0.2, 0.25) is 0 Å². The zero-order valence-corrected chi connectivity index (χ0v) is 18.5. The minimum Gasteiger partial charge on any atom is -0.471 e. The molecule has 178 valence electrons. The van der Waals surface area contributed by atoms with Crippen LogP contribution in [0, 0.1) is 34.8 Å². The first-order valence-electron chi connectivity index (χ1n) is 11.1. The third-order valence-electron chi connectivity index (χ3n) is 6.43. The normalized spacial score (nSPS) is 24.6. The summed E-state index contributed by atoms with van der Waals surface area (Å²) in [5.41, 5.74) is -0.547. The summed E-state index contributed by atoms with van der Waals surface area (Å²) < 4.78 is 46.7. The molecular weight excluding hydrogens is 448 g/mol. The maximum atomic E-state index is 15.2. The van der Waals surface area contributed by atoms with E-state index in [0.29, 0.717) is 26.3 Å². The number of nitrogens with one attached hydrogen (secondary N) is 1. The topological polar surface area (TPSA) is 110 Å². The van der Waals surface area contributed by atoms with Gasteiger partial charge in [0.2, 0.25) is 5.82 Å². The minimum atomic E-state index is -0.905. The van der Waals surface area contributed by atoms with Crippen molar-refractivity contribution in [3.8, 4) is 11.9 Å². The van der Waals surface area contributed by atoms with Crippen molar-refractivity contribution >= 4 is 17.6 Å². The SMILES string of the molecule is CC1(OC(=O)N2CC3COCC(C2)C3Oc2ncnc(Nc3c(F)cccc3C#N)c2F)CC1. The molecule has 1 aliphatic carbocycles. The van der Waals surface area contributed by atoms with Gasteiger partial charge in [-0.1, -0.05) is 6.07 Å². The molecule has 2 saturated heterocycles. The highest BCUT2D eigenvalue weighted by atomic mass is 19.1. The van der Waals surface area contributed by atoms with Crippen molar-refractivity contribution in [1.29, 1.82) is 5.26 Å². The Bertz CT molecular complexity index is 1140. The number of para-hydroxylation sites is 1. The maximum absolute atomic E-state index is 15.2. The Morgan fingerprint density at radius 1 is 1.26 bits per heavy atom. The summed E-state index contributed by atoms with van der Waals surface area (Å²) in [6.07, 6.45) is 2.03. The molecule has 9 nitrogen and oxygen atoms in total. The second kappa shape index (κ2) is 8.68. The number of anilines is 2. The highest BCUT2D eigenvalue weighted by Gasteiger charge is 2.47. The molecule has 1 saturated carbocycles. The average molecular weight is 471 g/mol. The third kappa shape index (κ3) is 4.33. The number of amides is 1. The molecule has 3 aliphatic rings. The van der Waals surface area contributed by atoms with Crippen LogP contribution in [-0.4, -0.2) is 59.0 Å². The van der Waals surface area contributed by atoms with Gasteiger partial charge in [-0.25, -0.2) is 14.2 Å². The van der Waals surface area contributed by atoms with Gasteiger partial charge in [-0.15, -0.1) is 0 Å². The Kier molecular flexibility index (Phi) is 5.69. The van der Waals surface area contributed by atoms with Gasteiger partial charge in [0.25, 0.3) is 5.88 Å². The fourth-order valence-electron chi connectivity index (χ4n) is 4.31. The fourth-order valence-corrected chi connectivity index (χ4v) is 4.31. The van der Waals surface area contributed by atoms with E-state index in [9.17, 15) is 14.4 Å². The number of hydrogen-bond acceptors (Lipinski definition) is 8. The van der Waals surface area contributed by atoms with Crippen LogP contribution in [0.1, 0.15) is 25.3 Å². The summed E-state index contributed by atoms with van der Waals surface area (Å²) in [5, 5.41) is 11.8. The van der Waals surface area contributed by atoms with Crippen molar-refractivity contribution in [3.63, 3.8) is 0 Å². The van der Waals surface area contributed by atoms with Crippen LogP contribution < -0.4 is 10.1 Å². The number of benzene rings is 1. The van der Waals surface area contributed by atoms with E-state index in [1.807, 2.05) is 13.0 Å². The molecule has 2 bridgehead atoms. The van der Waals surface area contributed by atoms with Crippen LogP contribution in [-0.2, 0) is 9.47 Å². The summed E-state index contributed by atoms with van der Waals surface area (Å²) in [4.78, 5) is 22.0. The van der Waals surface area contributed by atoms with Crippen LogP contribution >= 0.6 is 0 Å². The molecular formula is C23H23F2N5O4. The number of piperidine rings is 1. The van der Waals surface area contributed by atoms with Gasteiger partial charge < -0.3 is 24.4 Å². The number of rotatable bonds is 5. The Morgan fingerprint density at radius 2 is 2.00 bits per heavy atom. The summed E-state index contributed by atoms with van der Waals surface area (Å²) in [6, 6.07) is 5.81. The van der Waals surface area contributed by atoms with Crippen LogP contribution in [0.3, 0.4) is 0 Å². The summed E-state index contributed by atoms with van der Waals surface area (Å²) in [7, 11) is 0. The zero-order chi connectivity index (χ0) is 23.9. The molecule has 1 amide bonds. The van der Waals surface area contributed by atoms with Gasteiger partial charge in [-0.05, 0) is 31.9 Å². The Hall–Kier alpha value is -3.52. The molecule has 2 aliphatic heterocycles. The molecule has 34 heavy (non-hydrogen) atoms. The molecule has 3 fully saturated rings. The number of hydrogen-bond donors (Lipinski definition) is 1. The first-order chi connectivity index (χ1) is 16.4. The second-order valence-electron chi connectivity index (χ2n) is 9.10. The first-order valence-corrected chi connectivity index (χ1v) is 11.1. The molecule has 2 unspecified atom stereocenters. The van der Waals surface area contributed by atoms with E-state index in [0.717, 1.165) is 25.2 Å². The van der Waals surface area contributed by atoms with Crippen LogP contribution in [0.25, 0.3) is 0 Å². The van der Waals surface area contributed by atoms with Crippen LogP contribution in [0.15, 0.2) is 24.5 Å². The molecule has 1 aromatic heterocycles. The lowest BCUT2D eigenvalue weighted by atomic mass is 9.84. The molecule has 2 aromatic rings. The molecule has 0 radical (unpaired) electrons. The van der Waals surface area contributed by atoms with Crippen molar-refractivity contribution in [2.24, 2.45) is 11.8 Å². The number of ether oxygens (including phenoxy) is 3. The fraction of sp³-hybridized carbons (Fsp3) is 0.478. The number of fused-ring (bicyclic) bond motifs is 2. The third-order valence-corrected chi connectivity index (χ3v) is 6.43. The largest absolute Gasteiger partial charge is 0.471 e. The van der Waals surface area contributed by atoms with Gasteiger partial charge in [0.05, 0.1) is 24.5 Å². The van der Waals surface area contributed by atoms with Gasteiger partial charge >= 0.3 is 6.09 Å². The van der Waals surface area contributed by atoms with Crippen LogP contribution in [0.4, 0.5) is 25.1 Å². The van der Waals surface area contributed by atoms with Gasteiger partial charge in [0.15, 0.2) is 5.82 Å². The number of nitrogens with zero attached hydrogens (tertiary/aromatic N) is 4. The number of halogens is 2. The maximum Gasteiger partial charge on any atom is 0.410 e. The van der Waals surface area contributed by atoms with Crippen molar-refractivity contribution in [3.05, 3.63) is 41.7 Å². The van der Waals surface area contributed by atoms with E-state index in [4.69, 9.17) is 14.2 Å². The Labute approximate surface area is 194 Å². The predicted molar refractivity (Wildman–Crippen MR) is 114 cm³/mol. The van der Waals surface area contributed by atoms with E-state index in [1.165, 1.54) is 12.1 Å². The van der Waals surface area contributed by atoms with Crippen molar-refractivity contribution in [2.45, 2.75) is 31.5 Å². The Balaban J connectivity index is 1.32. The van der Waals surface area contributed by atoms with Gasteiger partial charge in [0.1, 0.15) is 29.9 Å². The highest BCUT2D eigenvalue weighted by molar-refractivity contribution is 5.69. The minimum absolute atomic E-state index is 0.00600. The van der Waals surface area contributed by atoms with Gasteiger partial charge in [-0.3, -0.25) is 0 Å². The standard InChI is InChI=1S/C23H23F2N5O4/c1-23(5-6-23)34-22(31)30-8-14-10-32-11-15(9-30)19(14)33-21-17(25)20(27-12-28-21)29-18-13(7-26)3-2-4-16(18)24/h2-4,12,14-15,19H,5-6,8-11H2,1H3,(H,27,28,29). The van der Waals surface area contributed by atoms with Gasteiger partial charge in [-0.2, -0.15) is 14.6 Å². The lowest BCUT2D eigenvalue weighted by molar-refractivity contribution is -0.112. The zero-order valence-electron chi connectivity index (χ0n) is 18.5. The number of likely N-dealkylation sites (tertiary alicyclic amines) is 1. The quantitative estimate of drug-likeness (QED) is 0.707. The number of nitriles is 1. The molecule has 2 atom stereocenters. The highest BCUT2D eigenvalue weighted by Crippen LogP contribution is 2.40. The van der Waals surface area contributed by atoms with E-state index in [2.05, 4.69) is 15.3 Å². The average Bonchev–Trinajstić information content (AvgIpc) is 3.53. The number of aromatic nitrogens is 2. The molecule has 3 heterocycles. The Morgan fingerprint density at radius 3 is 2.68 bits per heavy atom. The molecule has 5 rings (SSSR count). The molecule has 1 aromatic carbocycles. The smallest absolute Gasteiger partial charge is 0.410 e. The molecule has 1 N–H and O–H groups in total. The van der Waals surface area contributed by atoms with Crippen molar-refractivity contribution in [2.75, 3.05) is 31.6 Å². The summed E-state index contributed by atoms with van der Waals surface area (Å²) in [6.45, 7) is 3.32. The van der Waals surface area contributed by atoms with Gasteiger partial charge in [0, 0.05) is 24.9 Å². The molecule has 11 heteroatoms. The first kappa shape index (κ1) is 22.3. The monoisotopic (exact) mass is 471 g/mol. The molecule has 0 spiro atoms. The van der Waals surface area contributed by atoms with Crippen molar-refractivity contribution < 1.29 is 27.8 Å². The van der Waals surface area contributed by atoms with E-state index in [-0.39, 0.29) is 46.5 Å². The lowest BCUT2D eigenvalue weighted by Crippen LogP contribution is -2.59. The van der Waals surface area contributed by atoms with E-state index < -0.39 is 17.7 Å². The predicted octanol–water partition coefficient (Wildman–Crippen LogP) is 3.38. The summed E-state index contributed by atoms with van der Waals surface area (Å²) in [5.74, 6) is -2.63. The number of carbonyl (C=O) groups excluding carboxylic acids is 1. The van der Waals surface area contributed by atoms with E-state index >= 15 is 4.39 Å². The van der Waals surface area contributed by atoms with Crippen molar-refractivity contribution in [1.82, 2.24) is 14.9 Å². The lowest BCUT2D eigenvalue weighted by Gasteiger charge is -2.46. The number of carbonyl (C=O) groups is 1.